The number of benzene rings is 2. The van der Waals surface area contributed by atoms with E-state index in [1.54, 1.807) is 0 Å². The Kier molecular flexibility index (Phi) is 10.8. The van der Waals surface area contributed by atoms with E-state index >= 15 is 0 Å². The van der Waals surface area contributed by atoms with E-state index in [0.717, 1.165) is 28.8 Å². The van der Waals surface area contributed by atoms with Gasteiger partial charge in [-0.15, -0.1) is 0 Å². The summed E-state index contributed by atoms with van der Waals surface area (Å²) in [7, 11) is 0. The van der Waals surface area contributed by atoms with E-state index < -0.39 is 0 Å². The molecule has 29 heavy (non-hydrogen) atoms. The van der Waals surface area contributed by atoms with Gasteiger partial charge in [-0.25, -0.2) is 0 Å². The summed E-state index contributed by atoms with van der Waals surface area (Å²) in [6.45, 7) is 2.22. The van der Waals surface area contributed by atoms with Crippen LogP contribution in [0.5, 0.6) is 0 Å². The van der Waals surface area contributed by atoms with Crippen LogP contribution in [0.3, 0.4) is 0 Å². The minimum Gasteiger partial charge on any atom is -0.367 e. The Morgan fingerprint density at radius 2 is 1.52 bits per heavy atom. The summed E-state index contributed by atoms with van der Waals surface area (Å²) in [5, 5.41) is 1.59. The molecule has 1 aliphatic carbocycles. The Morgan fingerprint density at radius 1 is 0.966 bits per heavy atom. The molecule has 1 heterocycles. The van der Waals surface area contributed by atoms with E-state index in [9.17, 15) is 9.59 Å². The standard InChI is InChI=1S/C11H17NO3.2C6H5Cl/c13-6-1-2-10-11(14)12(5-7-15-10)8-9-3-4-9;2*7-6-4-2-1-3-5-6/h6,9-10H,1-5,7-8H2;2*1-5H/t10-;;/m1../s1. The summed E-state index contributed by atoms with van der Waals surface area (Å²) in [6.07, 6.45) is 3.92. The molecular formula is C23H27Cl2NO3. The molecule has 0 aromatic heterocycles. The number of carbonyl (C=O) groups is 2. The highest BCUT2D eigenvalue weighted by atomic mass is 35.5. The van der Waals surface area contributed by atoms with Gasteiger partial charge in [0.25, 0.3) is 5.91 Å². The highest BCUT2D eigenvalue weighted by molar-refractivity contribution is 6.30. The number of ether oxygens (including phenoxy) is 1. The van der Waals surface area contributed by atoms with Crippen LogP contribution < -0.4 is 0 Å². The molecule has 2 aliphatic rings. The molecule has 1 aliphatic heterocycles. The molecule has 0 N–H and O–H groups in total. The van der Waals surface area contributed by atoms with Crippen LogP contribution in [0.2, 0.25) is 10.0 Å². The number of rotatable bonds is 5. The molecule has 1 atom stereocenters. The molecule has 0 bridgehead atoms. The van der Waals surface area contributed by atoms with Gasteiger partial charge in [0.2, 0.25) is 0 Å². The van der Waals surface area contributed by atoms with Crippen LogP contribution in [0.15, 0.2) is 60.7 Å². The van der Waals surface area contributed by atoms with Crippen molar-refractivity contribution in [2.75, 3.05) is 19.7 Å². The Bertz CT molecular complexity index is 686. The quantitative estimate of drug-likeness (QED) is 0.599. The molecule has 0 spiro atoms. The molecule has 1 saturated heterocycles. The number of morpholine rings is 1. The predicted molar refractivity (Wildman–Crippen MR) is 117 cm³/mol. The van der Waals surface area contributed by atoms with Crippen LogP contribution in [0.1, 0.15) is 25.7 Å². The maximum atomic E-state index is 11.9. The maximum Gasteiger partial charge on any atom is 0.251 e. The van der Waals surface area contributed by atoms with Gasteiger partial charge in [0.05, 0.1) is 6.61 Å². The lowest BCUT2D eigenvalue weighted by atomic mass is 10.1. The molecule has 0 radical (unpaired) electrons. The van der Waals surface area contributed by atoms with E-state index in [2.05, 4.69) is 0 Å². The zero-order valence-corrected chi connectivity index (χ0v) is 17.9. The molecule has 4 rings (SSSR count). The van der Waals surface area contributed by atoms with Crippen molar-refractivity contribution >= 4 is 35.4 Å². The number of nitrogens with zero attached hydrogens (tertiary/aromatic N) is 1. The summed E-state index contributed by atoms with van der Waals surface area (Å²) in [4.78, 5) is 24.0. The number of halogens is 2. The number of hydrogen-bond donors (Lipinski definition) is 0. The average molecular weight is 436 g/mol. The summed E-state index contributed by atoms with van der Waals surface area (Å²) >= 11 is 11.1. The first-order valence-electron chi connectivity index (χ1n) is 9.85. The van der Waals surface area contributed by atoms with Gasteiger partial charge in [-0.1, -0.05) is 59.6 Å². The number of carbonyl (C=O) groups excluding carboxylic acids is 2. The van der Waals surface area contributed by atoms with Gasteiger partial charge in [-0.3, -0.25) is 4.79 Å². The van der Waals surface area contributed by atoms with Gasteiger partial charge in [-0.2, -0.15) is 0 Å². The van der Waals surface area contributed by atoms with Crippen LogP contribution in [-0.2, 0) is 14.3 Å². The lowest BCUT2D eigenvalue weighted by molar-refractivity contribution is -0.153. The van der Waals surface area contributed by atoms with Gasteiger partial charge < -0.3 is 14.4 Å². The summed E-state index contributed by atoms with van der Waals surface area (Å²) < 4.78 is 5.37. The average Bonchev–Trinajstić information content (AvgIpc) is 3.55. The van der Waals surface area contributed by atoms with E-state index in [0.29, 0.717) is 26.0 Å². The zero-order chi connectivity index (χ0) is 20.9. The van der Waals surface area contributed by atoms with Crippen molar-refractivity contribution in [3.05, 3.63) is 70.7 Å². The van der Waals surface area contributed by atoms with Crippen LogP contribution in [0.4, 0.5) is 0 Å². The van der Waals surface area contributed by atoms with E-state index in [4.69, 9.17) is 27.9 Å². The molecule has 6 heteroatoms. The third kappa shape index (κ3) is 9.93. The normalized spacial score (nSPS) is 18.1. The van der Waals surface area contributed by atoms with E-state index in [-0.39, 0.29) is 12.0 Å². The fraction of sp³-hybridized carbons (Fsp3) is 0.391. The summed E-state index contributed by atoms with van der Waals surface area (Å²) in [5.41, 5.74) is 0. The second kappa shape index (κ2) is 13.4. The van der Waals surface area contributed by atoms with Crippen molar-refractivity contribution in [2.24, 2.45) is 5.92 Å². The van der Waals surface area contributed by atoms with Crippen LogP contribution in [-0.4, -0.2) is 42.9 Å². The Balaban J connectivity index is 0.000000178. The summed E-state index contributed by atoms with van der Waals surface area (Å²) in [6, 6.07) is 18.9. The Labute approximate surface area is 182 Å². The SMILES string of the molecule is Clc1ccccc1.Clc1ccccc1.O=CCC[C@H]1OCCN(CC2CC2)C1=O. The van der Waals surface area contributed by atoms with Crippen molar-refractivity contribution in [2.45, 2.75) is 31.8 Å². The molecule has 2 aromatic carbocycles. The van der Waals surface area contributed by atoms with Crippen molar-refractivity contribution < 1.29 is 14.3 Å². The first-order valence-corrected chi connectivity index (χ1v) is 10.6. The number of aldehydes is 1. The highest BCUT2D eigenvalue weighted by Crippen LogP contribution is 2.30. The largest absolute Gasteiger partial charge is 0.367 e. The second-order valence-electron chi connectivity index (χ2n) is 6.92. The first-order chi connectivity index (χ1) is 14.1. The van der Waals surface area contributed by atoms with Crippen molar-refractivity contribution in [3.63, 3.8) is 0 Å². The lowest BCUT2D eigenvalue weighted by Crippen LogP contribution is -2.48. The minimum atomic E-state index is -0.373. The van der Waals surface area contributed by atoms with Gasteiger partial charge in [0.1, 0.15) is 12.4 Å². The first kappa shape index (κ1) is 23.4. The number of amides is 1. The van der Waals surface area contributed by atoms with E-state index in [1.807, 2.05) is 65.6 Å². The highest BCUT2D eigenvalue weighted by Gasteiger charge is 2.33. The molecule has 2 fully saturated rings. The molecular weight excluding hydrogens is 409 g/mol. The molecule has 1 saturated carbocycles. The molecule has 2 aromatic rings. The molecule has 1 amide bonds. The monoisotopic (exact) mass is 435 g/mol. The molecule has 0 unspecified atom stereocenters. The van der Waals surface area contributed by atoms with Gasteiger partial charge in [0, 0.05) is 29.6 Å². The molecule has 4 nitrogen and oxygen atoms in total. The van der Waals surface area contributed by atoms with Crippen molar-refractivity contribution in [3.8, 4) is 0 Å². The molecule has 156 valence electrons. The smallest absolute Gasteiger partial charge is 0.251 e. The zero-order valence-electron chi connectivity index (χ0n) is 16.4. The minimum absolute atomic E-state index is 0.0787. The lowest BCUT2D eigenvalue weighted by Gasteiger charge is -2.32. The fourth-order valence-corrected chi connectivity index (χ4v) is 3.03. The maximum absolute atomic E-state index is 11.9. The van der Waals surface area contributed by atoms with Crippen LogP contribution in [0.25, 0.3) is 0 Å². The van der Waals surface area contributed by atoms with Crippen LogP contribution in [0, 0.1) is 5.92 Å². The van der Waals surface area contributed by atoms with Crippen molar-refractivity contribution in [1.29, 1.82) is 0 Å². The van der Waals surface area contributed by atoms with E-state index in [1.165, 1.54) is 12.8 Å². The topological polar surface area (TPSA) is 46.6 Å². The van der Waals surface area contributed by atoms with Gasteiger partial charge in [0.15, 0.2) is 0 Å². The second-order valence-corrected chi connectivity index (χ2v) is 7.80. The van der Waals surface area contributed by atoms with Gasteiger partial charge in [-0.05, 0) is 49.4 Å². The summed E-state index contributed by atoms with van der Waals surface area (Å²) in [5.74, 6) is 0.800. The van der Waals surface area contributed by atoms with Crippen LogP contribution >= 0.6 is 23.2 Å². The Hall–Kier alpha value is -1.88. The predicted octanol–water partition coefficient (Wildman–Crippen LogP) is 5.28. The third-order valence-electron chi connectivity index (χ3n) is 4.46. The van der Waals surface area contributed by atoms with Gasteiger partial charge >= 0.3 is 0 Å². The fourth-order valence-electron chi connectivity index (χ4n) is 2.74. The Morgan fingerprint density at radius 3 is 1.93 bits per heavy atom. The van der Waals surface area contributed by atoms with Crippen molar-refractivity contribution in [1.82, 2.24) is 4.90 Å². The number of hydrogen-bond acceptors (Lipinski definition) is 3. The third-order valence-corrected chi connectivity index (χ3v) is 4.96.